The standard InChI is InChI=1S/C18H22N4O6/c1-10-11(9-22(2)21-10)8-19-16(23)17(24)20-13-7-15(27-4)14(26-3)6-12(13)18(25)28-5/h6-7,9H,8H2,1-5H3,(H,19,23)(H,20,24). The van der Waals surface area contributed by atoms with E-state index >= 15 is 0 Å². The average Bonchev–Trinajstić information content (AvgIpc) is 3.01. The van der Waals surface area contributed by atoms with Crippen molar-refractivity contribution in [2.75, 3.05) is 26.6 Å². The Kier molecular flexibility index (Phi) is 6.59. The molecule has 2 amide bonds. The summed E-state index contributed by atoms with van der Waals surface area (Å²) in [6.07, 6.45) is 1.75. The molecule has 1 aromatic heterocycles. The first-order valence-electron chi connectivity index (χ1n) is 8.23. The Bertz CT molecular complexity index is 906. The number of carbonyl (C=O) groups excluding carboxylic acids is 3. The van der Waals surface area contributed by atoms with Crippen molar-refractivity contribution < 1.29 is 28.6 Å². The zero-order chi connectivity index (χ0) is 20.8. The number of ether oxygens (including phenoxy) is 3. The van der Waals surface area contributed by atoms with Gasteiger partial charge < -0.3 is 24.8 Å². The number of carbonyl (C=O) groups is 3. The highest BCUT2D eigenvalue weighted by Crippen LogP contribution is 2.33. The van der Waals surface area contributed by atoms with Gasteiger partial charge in [-0.25, -0.2) is 4.79 Å². The van der Waals surface area contributed by atoms with Crippen molar-refractivity contribution in [3.63, 3.8) is 0 Å². The number of anilines is 1. The molecular weight excluding hydrogens is 368 g/mol. The number of hydrogen-bond acceptors (Lipinski definition) is 7. The summed E-state index contributed by atoms with van der Waals surface area (Å²) in [6.45, 7) is 1.94. The van der Waals surface area contributed by atoms with Crippen LogP contribution in [0, 0.1) is 6.92 Å². The van der Waals surface area contributed by atoms with Gasteiger partial charge in [-0.1, -0.05) is 0 Å². The average molecular weight is 390 g/mol. The van der Waals surface area contributed by atoms with Crippen molar-refractivity contribution in [1.82, 2.24) is 15.1 Å². The van der Waals surface area contributed by atoms with Crippen molar-refractivity contribution in [2.24, 2.45) is 7.05 Å². The van der Waals surface area contributed by atoms with Crippen molar-refractivity contribution >= 4 is 23.5 Å². The van der Waals surface area contributed by atoms with Gasteiger partial charge in [-0.05, 0) is 6.92 Å². The summed E-state index contributed by atoms with van der Waals surface area (Å²) in [7, 11) is 5.78. The van der Waals surface area contributed by atoms with E-state index in [1.54, 1.807) is 24.9 Å². The lowest BCUT2D eigenvalue weighted by molar-refractivity contribution is -0.136. The molecule has 0 radical (unpaired) electrons. The maximum absolute atomic E-state index is 12.3. The molecule has 0 saturated heterocycles. The molecule has 10 nitrogen and oxygen atoms in total. The minimum Gasteiger partial charge on any atom is -0.493 e. The third kappa shape index (κ3) is 4.58. The van der Waals surface area contributed by atoms with Gasteiger partial charge in [0, 0.05) is 37.5 Å². The minimum atomic E-state index is -0.945. The number of amides is 2. The third-order valence-electron chi connectivity index (χ3n) is 3.94. The first-order valence-corrected chi connectivity index (χ1v) is 8.23. The molecule has 0 aliphatic rings. The highest BCUT2D eigenvalue weighted by atomic mass is 16.5. The van der Waals surface area contributed by atoms with E-state index in [4.69, 9.17) is 14.2 Å². The lowest BCUT2D eigenvalue weighted by Gasteiger charge is -2.14. The van der Waals surface area contributed by atoms with Gasteiger partial charge in [0.05, 0.1) is 38.3 Å². The summed E-state index contributed by atoms with van der Waals surface area (Å²) >= 11 is 0. The third-order valence-corrected chi connectivity index (χ3v) is 3.94. The van der Waals surface area contributed by atoms with Crippen LogP contribution in [0.4, 0.5) is 5.69 Å². The van der Waals surface area contributed by atoms with E-state index in [0.29, 0.717) is 0 Å². The number of esters is 1. The van der Waals surface area contributed by atoms with Gasteiger partial charge >= 0.3 is 17.8 Å². The number of aryl methyl sites for hydroxylation is 2. The summed E-state index contributed by atoms with van der Waals surface area (Å²) in [4.78, 5) is 36.4. The summed E-state index contributed by atoms with van der Waals surface area (Å²) in [5.41, 5.74) is 1.60. The summed E-state index contributed by atoms with van der Waals surface area (Å²) < 4.78 is 16.6. The first-order chi connectivity index (χ1) is 13.3. The Labute approximate surface area is 161 Å². The summed E-state index contributed by atoms with van der Waals surface area (Å²) in [6, 6.07) is 2.73. The molecule has 0 spiro atoms. The molecule has 1 aromatic carbocycles. The number of methoxy groups -OCH3 is 3. The number of rotatable bonds is 6. The zero-order valence-electron chi connectivity index (χ0n) is 16.3. The topological polar surface area (TPSA) is 121 Å². The smallest absolute Gasteiger partial charge is 0.340 e. The largest absolute Gasteiger partial charge is 0.493 e. The van der Waals surface area contributed by atoms with E-state index in [1.165, 1.54) is 33.5 Å². The molecule has 1 heterocycles. The summed E-state index contributed by atoms with van der Waals surface area (Å²) in [5, 5.41) is 9.08. The number of nitrogens with zero attached hydrogens (tertiary/aromatic N) is 2. The fourth-order valence-corrected chi connectivity index (χ4v) is 2.52. The van der Waals surface area contributed by atoms with E-state index in [1.807, 2.05) is 0 Å². The second-order valence-corrected chi connectivity index (χ2v) is 5.79. The lowest BCUT2D eigenvalue weighted by atomic mass is 10.1. The molecule has 0 saturated carbocycles. The van der Waals surface area contributed by atoms with Gasteiger partial charge in [-0.15, -0.1) is 0 Å². The van der Waals surface area contributed by atoms with Gasteiger partial charge in [0.25, 0.3) is 0 Å². The first kappa shape index (κ1) is 20.7. The van der Waals surface area contributed by atoms with Crippen LogP contribution in [-0.2, 0) is 27.9 Å². The monoisotopic (exact) mass is 390 g/mol. The zero-order valence-corrected chi connectivity index (χ0v) is 16.3. The Hall–Kier alpha value is -3.56. The Morgan fingerprint density at radius 3 is 2.25 bits per heavy atom. The molecule has 2 aromatic rings. The molecule has 0 bridgehead atoms. The maximum atomic E-state index is 12.3. The lowest BCUT2D eigenvalue weighted by Crippen LogP contribution is -2.35. The van der Waals surface area contributed by atoms with Crippen LogP contribution in [0.2, 0.25) is 0 Å². The van der Waals surface area contributed by atoms with Crippen molar-refractivity contribution in [3.8, 4) is 11.5 Å². The maximum Gasteiger partial charge on any atom is 0.340 e. The van der Waals surface area contributed by atoms with Crippen molar-refractivity contribution in [3.05, 3.63) is 35.2 Å². The minimum absolute atomic E-state index is 0.0180. The second-order valence-electron chi connectivity index (χ2n) is 5.79. The van der Waals surface area contributed by atoms with Crippen LogP contribution in [0.3, 0.4) is 0 Å². The van der Waals surface area contributed by atoms with Crippen LogP contribution in [-0.4, -0.2) is 48.9 Å². The number of nitrogens with one attached hydrogen (secondary N) is 2. The van der Waals surface area contributed by atoms with Gasteiger partial charge in [0.15, 0.2) is 11.5 Å². The number of benzene rings is 1. The van der Waals surface area contributed by atoms with E-state index in [-0.39, 0.29) is 29.3 Å². The van der Waals surface area contributed by atoms with Crippen LogP contribution in [0.15, 0.2) is 18.3 Å². The molecule has 10 heteroatoms. The van der Waals surface area contributed by atoms with Crippen LogP contribution < -0.4 is 20.1 Å². The Morgan fingerprint density at radius 1 is 1.07 bits per heavy atom. The van der Waals surface area contributed by atoms with Crippen LogP contribution in [0.5, 0.6) is 11.5 Å². The van der Waals surface area contributed by atoms with E-state index in [9.17, 15) is 14.4 Å². The van der Waals surface area contributed by atoms with Gasteiger partial charge in [0.1, 0.15) is 0 Å². The summed E-state index contributed by atoms with van der Waals surface area (Å²) in [5.74, 6) is -1.97. The van der Waals surface area contributed by atoms with Crippen molar-refractivity contribution in [1.29, 1.82) is 0 Å². The van der Waals surface area contributed by atoms with Crippen LogP contribution in [0.25, 0.3) is 0 Å². The van der Waals surface area contributed by atoms with E-state index in [2.05, 4.69) is 15.7 Å². The fraction of sp³-hybridized carbons (Fsp3) is 0.333. The van der Waals surface area contributed by atoms with E-state index in [0.717, 1.165) is 11.3 Å². The van der Waals surface area contributed by atoms with Crippen molar-refractivity contribution in [2.45, 2.75) is 13.5 Å². The molecule has 0 fully saturated rings. The number of aromatic nitrogens is 2. The highest BCUT2D eigenvalue weighted by molar-refractivity contribution is 6.40. The Balaban J connectivity index is 2.18. The molecule has 28 heavy (non-hydrogen) atoms. The van der Waals surface area contributed by atoms with Gasteiger partial charge in [-0.3, -0.25) is 14.3 Å². The molecule has 0 aliphatic carbocycles. The predicted octanol–water partition coefficient (Wildman–Crippen LogP) is 0.787. The molecule has 0 unspecified atom stereocenters. The molecular formula is C18H22N4O6. The molecule has 0 aliphatic heterocycles. The fourth-order valence-electron chi connectivity index (χ4n) is 2.52. The molecule has 150 valence electrons. The molecule has 2 N–H and O–H groups in total. The Morgan fingerprint density at radius 2 is 1.71 bits per heavy atom. The van der Waals surface area contributed by atoms with Gasteiger partial charge in [0.2, 0.25) is 0 Å². The predicted molar refractivity (Wildman–Crippen MR) is 99.3 cm³/mol. The quantitative estimate of drug-likeness (QED) is 0.552. The molecule has 0 atom stereocenters. The second kappa shape index (κ2) is 8.89. The van der Waals surface area contributed by atoms with Gasteiger partial charge in [-0.2, -0.15) is 5.10 Å². The SMILES string of the molecule is COC(=O)c1cc(OC)c(OC)cc1NC(=O)C(=O)NCc1cn(C)nc1C. The van der Waals surface area contributed by atoms with E-state index < -0.39 is 17.8 Å². The highest BCUT2D eigenvalue weighted by Gasteiger charge is 2.22. The normalized spacial score (nSPS) is 10.2. The van der Waals surface area contributed by atoms with Crippen LogP contribution >= 0.6 is 0 Å². The van der Waals surface area contributed by atoms with Crippen LogP contribution in [0.1, 0.15) is 21.6 Å². The number of hydrogen-bond donors (Lipinski definition) is 2. The molecule has 2 rings (SSSR count).